The second-order valence-electron chi connectivity index (χ2n) is 5.89. The van der Waals surface area contributed by atoms with Crippen LogP contribution in [0, 0.1) is 5.82 Å². The van der Waals surface area contributed by atoms with Gasteiger partial charge in [0, 0.05) is 12.6 Å². The smallest absolute Gasteiger partial charge is 0.352 e. The Hall–Kier alpha value is -1.63. The third-order valence-corrected chi connectivity index (χ3v) is 4.07. The molecule has 0 radical (unpaired) electrons. The normalized spacial score (nSPS) is 17.3. The van der Waals surface area contributed by atoms with E-state index in [1.165, 1.54) is 0 Å². The van der Waals surface area contributed by atoms with Gasteiger partial charge < -0.3 is 10.6 Å². The van der Waals surface area contributed by atoms with Gasteiger partial charge in [0.25, 0.3) is 0 Å². The first-order valence-corrected chi connectivity index (χ1v) is 7.67. The molecule has 0 aromatic heterocycles. The van der Waals surface area contributed by atoms with Crippen molar-refractivity contribution in [2.24, 2.45) is 0 Å². The third kappa shape index (κ3) is 4.92. The average molecular weight is 332 g/mol. The molecule has 7 heteroatoms. The highest BCUT2D eigenvalue weighted by Gasteiger charge is 2.33. The van der Waals surface area contributed by atoms with Crippen LogP contribution in [0.5, 0.6) is 0 Å². The third-order valence-electron chi connectivity index (χ3n) is 4.07. The van der Waals surface area contributed by atoms with Gasteiger partial charge >= 0.3 is 6.18 Å². The summed E-state index contributed by atoms with van der Waals surface area (Å²) in [6.45, 7) is 1.35. The van der Waals surface area contributed by atoms with E-state index in [1.807, 2.05) is 0 Å². The molecule has 0 aliphatic heterocycles. The highest BCUT2D eigenvalue weighted by molar-refractivity contribution is 5.81. The molecule has 0 heterocycles. The molecule has 2 rings (SSSR count). The molecule has 0 bridgehead atoms. The molecular formula is C16H20F4N2O. The largest absolute Gasteiger partial charge is 0.416 e. The fourth-order valence-electron chi connectivity index (χ4n) is 2.74. The molecule has 1 saturated carbocycles. The van der Waals surface area contributed by atoms with Crippen molar-refractivity contribution in [1.82, 2.24) is 10.6 Å². The van der Waals surface area contributed by atoms with Gasteiger partial charge in [0.15, 0.2) is 0 Å². The molecule has 3 nitrogen and oxygen atoms in total. The van der Waals surface area contributed by atoms with Crippen LogP contribution in [0.25, 0.3) is 0 Å². The highest BCUT2D eigenvalue weighted by atomic mass is 19.4. The van der Waals surface area contributed by atoms with Crippen molar-refractivity contribution in [1.29, 1.82) is 0 Å². The number of halogens is 4. The van der Waals surface area contributed by atoms with Gasteiger partial charge in [-0.15, -0.1) is 0 Å². The lowest BCUT2D eigenvalue weighted by Crippen LogP contribution is -2.45. The zero-order chi connectivity index (χ0) is 17.0. The molecule has 128 valence electrons. The minimum atomic E-state index is -4.56. The molecule has 1 fully saturated rings. The Morgan fingerprint density at radius 3 is 2.57 bits per heavy atom. The van der Waals surface area contributed by atoms with E-state index in [0.29, 0.717) is 0 Å². The summed E-state index contributed by atoms with van der Waals surface area (Å²) in [6.07, 6.45) is -0.544. The SMILES string of the molecule is C[C@@H](NCc1cc(F)ccc1C(F)(F)F)C(=O)NC1CCCC1. The number of amides is 1. The number of carbonyl (C=O) groups is 1. The van der Waals surface area contributed by atoms with Gasteiger partial charge in [-0.2, -0.15) is 13.2 Å². The number of carbonyl (C=O) groups excluding carboxylic acids is 1. The second kappa shape index (κ2) is 7.29. The topological polar surface area (TPSA) is 41.1 Å². The summed E-state index contributed by atoms with van der Waals surface area (Å²) in [5.41, 5.74) is -1.10. The first-order valence-electron chi connectivity index (χ1n) is 7.67. The summed E-state index contributed by atoms with van der Waals surface area (Å²) in [5, 5.41) is 5.61. The minimum absolute atomic E-state index is 0.145. The van der Waals surface area contributed by atoms with E-state index in [-0.39, 0.29) is 24.1 Å². The zero-order valence-electron chi connectivity index (χ0n) is 12.8. The van der Waals surface area contributed by atoms with Crippen LogP contribution in [0.4, 0.5) is 17.6 Å². The molecule has 23 heavy (non-hydrogen) atoms. The Labute approximate surface area is 132 Å². The molecule has 2 N–H and O–H groups in total. The van der Waals surface area contributed by atoms with Crippen molar-refractivity contribution in [3.05, 3.63) is 35.1 Å². The van der Waals surface area contributed by atoms with Crippen LogP contribution in [-0.4, -0.2) is 18.0 Å². The molecule has 1 aromatic carbocycles. The maximum Gasteiger partial charge on any atom is 0.416 e. The van der Waals surface area contributed by atoms with Crippen LogP contribution >= 0.6 is 0 Å². The lowest BCUT2D eigenvalue weighted by molar-refractivity contribution is -0.138. The minimum Gasteiger partial charge on any atom is -0.352 e. The number of nitrogens with one attached hydrogen (secondary N) is 2. The summed E-state index contributed by atoms with van der Waals surface area (Å²) < 4.78 is 51.9. The van der Waals surface area contributed by atoms with Crippen molar-refractivity contribution < 1.29 is 22.4 Å². The lowest BCUT2D eigenvalue weighted by atomic mass is 10.1. The van der Waals surface area contributed by atoms with Gasteiger partial charge in [0.1, 0.15) is 5.82 Å². The van der Waals surface area contributed by atoms with Crippen LogP contribution in [0.1, 0.15) is 43.7 Å². The summed E-state index contributed by atoms with van der Waals surface area (Å²) in [4.78, 5) is 12.0. The number of alkyl halides is 3. The van der Waals surface area contributed by atoms with E-state index >= 15 is 0 Å². The van der Waals surface area contributed by atoms with Crippen LogP contribution in [0.2, 0.25) is 0 Å². The molecular weight excluding hydrogens is 312 g/mol. The first-order chi connectivity index (χ1) is 10.8. The van der Waals surface area contributed by atoms with Crippen LogP contribution in [0.15, 0.2) is 18.2 Å². The molecule has 1 aromatic rings. The number of rotatable bonds is 5. The summed E-state index contributed by atoms with van der Waals surface area (Å²) in [7, 11) is 0. The van der Waals surface area contributed by atoms with Crippen molar-refractivity contribution in [3.63, 3.8) is 0 Å². The Morgan fingerprint density at radius 1 is 1.30 bits per heavy atom. The maximum atomic E-state index is 13.2. The van der Waals surface area contributed by atoms with Crippen LogP contribution in [-0.2, 0) is 17.5 Å². The van der Waals surface area contributed by atoms with Crippen molar-refractivity contribution in [2.45, 2.75) is 57.4 Å². The van der Waals surface area contributed by atoms with E-state index < -0.39 is 23.6 Å². The Balaban J connectivity index is 1.96. The van der Waals surface area contributed by atoms with E-state index in [9.17, 15) is 22.4 Å². The van der Waals surface area contributed by atoms with E-state index in [2.05, 4.69) is 10.6 Å². The monoisotopic (exact) mass is 332 g/mol. The predicted octanol–water partition coefficient (Wildman–Crippen LogP) is 3.38. The van der Waals surface area contributed by atoms with Crippen molar-refractivity contribution in [3.8, 4) is 0 Å². The maximum absolute atomic E-state index is 13.2. The average Bonchev–Trinajstić information content (AvgIpc) is 2.96. The van der Waals surface area contributed by atoms with E-state index in [0.717, 1.165) is 43.9 Å². The van der Waals surface area contributed by atoms with Crippen molar-refractivity contribution in [2.75, 3.05) is 0 Å². The zero-order valence-corrected chi connectivity index (χ0v) is 12.8. The molecule has 0 spiro atoms. The fourth-order valence-corrected chi connectivity index (χ4v) is 2.74. The molecule has 0 saturated heterocycles. The van der Waals surface area contributed by atoms with Gasteiger partial charge in [-0.25, -0.2) is 4.39 Å². The fraction of sp³-hybridized carbons (Fsp3) is 0.562. The molecule has 1 aliphatic rings. The van der Waals surface area contributed by atoms with Crippen LogP contribution in [0.3, 0.4) is 0 Å². The van der Waals surface area contributed by atoms with E-state index in [4.69, 9.17) is 0 Å². The second-order valence-corrected chi connectivity index (χ2v) is 5.89. The number of benzene rings is 1. The predicted molar refractivity (Wildman–Crippen MR) is 78.1 cm³/mol. The Morgan fingerprint density at radius 2 is 1.96 bits per heavy atom. The molecule has 1 atom stereocenters. The quantitative estimate of drug-likeness (QED) is 0.812. The van der Waals surface area contributed by atoms with Crippen LogP contribution < -0.4 is 10.6 Å². The highest BCUT2D eigenvalue weighted by Crippen LogP contribution is 2.32. The van der Waals surface area contributed by atoms with Gasteiger partial charge in [-0.05, 0) is 43.5 Å². The summed E-state index contributed by atoms with van der Waals surface area (Å²) >= 11 is 0. The Kier molecular flexibility index (Phi) is 5.62. The van der Waals surface area contributed by atoms with Gasteiger partial charge in [-0.3, -0.25) is 4.79 Å². The standard InChI is InChI=1S/C16H20F4N2O/c1-10(15(23)22-13-4-2-3-5-13)21-9-11-8-12(17)6-7-14(11)16(18,19)20/h6-8,10,13,21H,2-5,9H2,1H3,(H,22,23)/t10-/m1/s1. The van der Waals surface area contributed by atoms with Crippen molar-refractivity contribution >= 4 is 5.91 Å². The molecule has 0 unspecified atom stereocenters. The molecule has 1 aliphatic carbocycles. The lowest BCUT2D eigenvalue weighted by Gasteiger charge is -2.19. The summed E-state index contributed by atoms with van der Waals surface area (Å²) in [6, 6.07) is 1.84. The Bertz CT molecular complexity index is 554. The van der Waals surface area contributed by atoms with Gasteiger partial charge in [-0.1, -0.05) is 12.8 Å². The number of hydrogen-bond acceptors (Lipinski definition) is 2. The summed E-state index contributed by atoms with van der Waals surface area (Å²) in [5.74, 6) is -0.986. The van der Waals surface area contributed by atoms with Gasteiger partial charge in [0.2, 0.25) is 5.91 Å². The first kappa shape index (κ1) is 17.7. The number of hydrogen-bond donors (Lipinski definition) is 2. The van der Waals surface area contributed by atoms with Gasteiger partial charge in [0.05, 0.1) is 11.6 Å². The molecule has 1 amide bonds. The van der Waals surface area contributed by atoms with E-state index in [1.54, 1.807) is 6.92 Å².